The zero-order chi connectivity index (χ0) is 10.9. The zero-order valence-corrected chi connectivity index (χ0v) is 9.93. The molecule has 0 unspecified atom stereocenters. The predicted octanol–water partition coefficient (Wildman–Crippen LogP) is 1.96. The molecule has 1 aromatic rings. The number of aromatic nitrogens is 1. The Kier molecular flexibility index (Phi) is 3.64. The maximum absolute atomic E-state index is 9.35. The molecular formula is C10H18N2OS. The van der Waals surface area contributed by atoms with Crippen molar-refractivity contribution in [3.63, 3.8) is 0 Å². The number of hydrogen-bond acceptors (Lipinski definition) is 4. The maximum atomic E-state index is 9.35. The summed E-state index contributed by atoms with van der Waals surface area (Å²) in [5.41, 5.74) is 6.86. The molecule has 4 heteroatoms. The third kappa shape index (κ3) is 2.32. The van der Waals surface area contributed by atoms with Crippen LogP contribution in [0.15, 0.2) is 0 Å². The van der Waals surface area contributed by atoms with Gasteiger partial charge in [0.05, 0.1) is 17.8 Å². The van der Waals surface area contributed by atoms with Crippen LogP contribution in [0.25, 0.3) is 0 Å². The summed E-state index contributed by atoms with van der Waals surface area (Å²) in [4.78, 5) is 5.65. The second kappa shape index (κ2) is 4.38. The van der Waals surface area contributed by atoms with E-state index in [1.54, 1.807) is 18.3 Å². The summed E-state index contributed by atoms with van der Waals surface area (Å²) in [7, 11) is 0. The molecule has 2 atom stereocenters. The second-order valence-electron chi connectivity index (χ2n) is 3.92. The van der Waals surface area contributed by atoms with Crippen molar-refractivity contribution in [1.82, 2.24) is 4.98 Å². The molecule has 0 aromatic carbocycles. The number of thiazole rings is 1. The number of aryl methyl sites for hydroxylation is 1. The van der Waals surface area contributed by atoms with Crippen molar-refractivity contribution >= 4 is 11.3 Å². The zero-order valence-electron chi connectivity index (χ0n) is 9.11. The van der Waals surface area contributed by atoms with Gasteiger partial charge in [-0.05, 0) is 19.8 Å². The highest BCUT2D eigenvalue weighted by molar-refractivity contribution is 7.11. The van der Waals surface area contributed by atoms with Crippen LogP contribution in [0.1, 0.15) is 48.3 Å². The van der Waals surface area contributed by atoms with Crippen LogP contribution in [0.3, 0.4) is 0 Å². The van der Waals surface area contributed by atoms with Crippen LogP contribution in [0.2, 0.25) is 0 Å². The fourth-order valence-corrected chi connectivity index (χ4v) is 2.48. The lowest BCUT2D eigenvalue weighted by atomic mass is 10.1. The molecule has 0 aliphatic carbocycles. The molecule has 0 saturated carbocycles. The molecule has 0 radical (unpaired) electrons. The monoisotopic (exact) mass is 214 g/mol. The van der Waals surface area contributed by atoms with E-state index < -0.39 is 6.10 Å². The molecular weight excluding hydrogens is 196 g/mol. The van der Waals surface area contributed by atoms with Crippen LogP contribution in [-0.4, -0.2) is 16.2 Å². The first kappa shape index (κ1) is 11.6. The largest absolute Gasteiger partial charge is 0.391 e. The number of nitrogens with two attached hydrogens (primary N) is 1. The Hall–Kier alpha value is -0.450. The van der Waals surface area contributed by atoms with E-state index in [-0.39, 0.29) is 6.04 Å². The van der Waals surface area contributed by atoms with Gasteiger partial charge in [-0.2, -0.15) is 0 Å². The van der Waals surface area contributed by atoms with Gasteiger partial charge in [-0.25, -0.2) is 4.98 Å². The molecule has 0 spiro atoms. The van der Waals surface area contributed by atoms with E-state index >= 15 is 0 Å². The number of aliphatic hydroxyl groups excluding tert-OH is 1. The Balaban J connectivity index is 2.96. The average Bonchev–Trinajstić information content (AvgIpc) is 2.45. The Labute approximate surface area is 89.0 Å². The molecule has 0 fully saturated rings. The van der Waals surface area contributed by atoms with Gasteiger partial charge in [0.1, 0.15) is 5.01 Å². The van der Waals surface area contributed by atoms with Gasteiger partial charge in [0.25, 0.3) is 0 Å². The summed E-state index contributed by atoms with van der Waals surface area (Å²) in [5, 5.41) is 10.2. The van der Waals surface area contributed by atoms with Gasteiger partial charge in [0.2, 0.25) is 0 Å². The first-order valence-electron chi connectivity index (χ1n) is 4.84. The van der Waals surface area contributed by atoms with Crippen molar-refractivity contribution in [2.45, 2.75) is 45.8 Å². The van der Waals surface area contributed by atoms with Gasteiger partial charge in [0.15, 0.2) is 0 Å². The molecule has 1 heterocycles. The van der Waals surface area contributed by atoms with Crippen LogP contribution in [0, 0.1) is 6.92 Å². The lowest BCUT2D eigenvalue weighted by Crippen LogP contribution is -2.22. The summed E-state index contributed by atoms with van der Waals surface area (Å²) in [6.07, 6.45) is -0.541. The van der Waals surface area contributed by atoms with Crippen molar-refractivity contribution in [2.24, 2.45) is 5.73 Å². The predicted molar refractivity (Wildman–Crippen MR) is 59.5 cm³/mol. The van der Waals surface area contributed by atoms with Gasteiger partial charge >= 0.3 is 0 Å². The highest BCUT2D eigenvalue weighted by atomic mass is 32.1. The van der Waals surface area contributed by atoms with Crippen LogP contribution < -0.4 is 5.73 Å². The van der Waals surface area contributed by atoms with E-state index in [0.29, 0.717) is 5.92 Å². The molecule has 0 saturated heterocycles. The normalized spacial score (nSPS) is 15.9. The smallest absolute Gasteiger partial charge is 0.113 e. The van der Waals surface area contributed by atoms with Crippen molar-refractivity contribution in [3.8, 4) is 0 Å². The van der Waals surface area contributed by atoms with Crippen LogP contribution in [-0.2, 0) is 0 Å². The number of hydrogen-bond donors (Lipinski definition) is 2. The molecule has 0 amide bonds. The van der Waals surface area contributed by atoms with Gasteiger partial charge in [-0.3, -0.25) is 0 Å². The molecule has 3 nitrogen and oxygen atoms in total. The van der Waals surface area contributed by atoms with Crippen LogP contribution in [0.5, 0.6) is 0 Å². The standard InChI is InChI=1S/C10H18N2OS/c1-5(2)9-6(3)12-10(14-9)8(11)7(4)13/h5,7-8,13H,11H2,1-4H3/t7-,8+/m0/s1. The SMILES string of the molecule is Cc1nc([C@H](N)[C@H](C)O)sc1C(C)C. The Morgan fingerprint density at radius 3 is 2.29 bits per heavy atom. The van der Waals surface area contributed by atoms with E-state index in [4.69, 9.17) is 5.73 Å². The minimum absolute atomic E-state index is 0.355. The molecule has 80 valence electrons. The molecule has 0 aliphatic heterocycles. The summed E-state index contributed by atoms with van der Waals surface area (Å²) >= 11 is 1.61. The van der Waals surface area contributed by atoms with E-state index in [1.807, 2.05) is 6.92 Å². The van der Waals surface area contributed by atoms with Crippen molar-refractivity contribution in [2.75, 3.05) is 0 Å². The summed E-state index contributed by atoms with van der Waals surface area (Å²) in [6, 6.07) is -0.355. The van der Waals surface area contributed by atoms with Gasteiger partial charge in [-0.1, -0.05) is 13.8 Å². The van der Waals surface area contributed by atoms with Crippen LogP contribution >= 0.6 is 11.3 Å². The van der Waals surface area contributed by atoms with E-state index in [2.05, 4.69) is 18.8 Å². The summed E-state index contributed by atoms with van der Waals surface area (Å²) in [6.45, 7) is 7.96. The third-order valence-corrected chi connectivity index (χ3v) is 3.74. The first-order chi connectivity index (χ1) is 6.43. The lowest BCUT2D eigenvalue weighted by Gasteiger charge is -2.10. The van der Waals surface area contributed by atoms with Crippen molar-refractivity contribution in [3.05, 3.63) is 15.6 Å². The van der Waals surface area contributed by atoms with Gasteiger partial charge < -0.3 is 10.8 Å². The van der Waals surface area contributed by atoms with Gasteiger partial charge in [0, 0.05) is 4.88 Å². The topological polar surface area (TPSA) is 59.1 Å². The molecule has 3 N–H and O–H groups in total. The highest BCUT2D eigenvalue weighted by Gasteiger charge is 2.19. The minimum Gasteiger partial charge on any atom is -0.391 e. The molecule has 0 aliphatic rings. The fraction of sp³-hybridized carbons (Fsp3) is 0.700. The second-order valence-corrected chi connectivity index (χ2v) is 4.99. The Morgan fingerprint density at radius 1 is 1.36 bits per heavy atom. The number of aliphatic hydroxyl groups is 1. The molecule has 1 rings (SSSR count). The van der Waals surface area contributed by atoms with E-state index in [1.165, 1.54) is 4.88 Å². The lowest BCUT2D eigenvalue weighted by molar-refractivity contribution is 0.164. The van der Waals surface area contributed by atoms with Crippen LogP contribution in [0.4, 0.5) is 0 Å². The Bertz CT molecular complexity index is 307. The van der Waals surface area contributed by atoms with E-state index in [9.17, 15) is 5.11 Å². The number of nitrogens with zero attached hydrogens (tertiary/aromatic N) is 1. The Morgan fingerprint density at radius 2 is 1.93 bits per heavy atom. The van der Waals surface area contributed by atoms with Crippen molar-refractivity contribution in [1.29, 1.82) is 0 Å². The number of rotatable bonds is 3. The summed E-state index contributed by atoms with van der Waals surface area (Å²) < 4.78 is 0. The molecule has 14 heavy (non-hydrogen) atoms. The first-order valence-corrected chi connectivity index (χ1v) is 5.66. The van der Waals surface area contributed by atoms with E-state index in [0.717, 1.165) is 10.7 Å². The fourth-order valence-electron chi connectivity index (χ4n) is 1.31. The minimum atomic E-state index is -0.541. The third-order valence-electron chi connectivity index (χ3n) is 2.18. The summed E-state index contributed by atoms with van der Waals surface area (Å²) in [5.74, 6) is 0.474. The van der Waals surface area contributed by atoms with Gasteiger partial charge in [-0.15, -0.1) is 11.3 Å². The maximum Gasteiger partial charge on any atom is 0.113 e. The molecule has 0 bridgehead atoms. The quantitative estimate of drug-likeness (QED) is 0.808. The average molecular weight is 214 g/mol. The van der Waals surface area contributed by atoms with Crippen molar-refractivity contribution < 1.29 is 5.11 Å². The molecule has 1 aromatic heterocycles. The highest BCUT2D eigenvalue weighted by Crippen LogP contribution is 2.29.